The van der Waals surface area contributed by atoms with E-state index >= 15 is 0 Å². The Hall–Kier alpha value is -2.53. The highest BCUT2D eigenvalue weighted by Crippen LogP contribution is 2.17. The normalized spacial score (nSPS) is 11.7. The highest BCUT2D eigenvalue weighted by atomic mass is 16.5. The molecule has 1 unspecified atom stereocenters. The maximum absolute atomic E-state index is 12.1. The fourth-order valence-corrected chi connectivity index (χ4v) is 2.93. The Kier molecular flexibility index (Phi) is 8.14. The molecule has 1 amide bonds. The molecule has 2 rings (SSSR count). The second kappa shape index (κ2) is 10.6. The van der Waals surface area contributed by atoms with Gasteiger partial charge in [0, 0.05) is 5.56 Å². The van der Waals surface area contributed by atoms with Gasteiger partial charge < -0.3 is 19.7 Å². The third kappa shape index (κ3) is 7.31. The number of hydrogen-bond donors (Lipinski definition) is 2. The van der Waals surface area contributed by atoms with E-state index in [9.17, 15) is 4.79 Å². The molecule has 27 heavy (non-hydrogen) atoms. The van der Waals surface area contributed by atoms with Gasteiger partial charge in [-0.15, -0.1) is 0 Å². The van der Waals surface area contributed by atoms with Crippen LogP contribution in [0.4, 0.5) is 0 Å². The maximum atomic E-state index is 12.1. The number of quaternary nitrogens is 1. The smallest absolute Gasteiger partial charge is 0.275 e. The van der Waals surface area contributed by atoms with Gasteiger partial charge in [-0.25, -0.2) is 0 Å². The summed E-state index contributed by atoms with van der Waals surface area (Å²) in [4.78, 5) is 13.3. The van der Waals surface area contributed by atoms with Crippen LogP contribution in [0, 0.1) is 13.8 Å². The van der Waals surface area contributed by atoms with Gasteiger partial charge in [0.15, 0.2) is 6.54 Å². The number of rotatable bonds is 10. The van der Waals surface area contributed by atoms with Crippen molar-refractivity contribution < 1.29 is 19.2 Å². The number of carbonyl (C=O) groups is 1. The van der Waals surface area contributed by atoms with Crippen LogP contribution in [0.1, 0.15) is 23.6 Å². The molecule has 5 nitrogen and oxygen atoms in total. The quantitative estimate of drug-likeness (QED) is 0.628. The first-order valence-electron chi connectivity index (χ1n) is 9.47. The van der Waals surface area contributed by atoms with E-state index in [0.717, 1.165) is 22.9 Å². The zero-order valence-electron chi connectivity index (χ0n) is 16.8. The minimum absolute atomic E-state index is 0.0348. The summed E-state index contributed by atoms with van der Waals surface area (Å²) in [6.45, 7) is 9.02. The van der Waals surface area contributed by atoms with Crippen molar-refractivity contribution in [1.82, 2.24) is 5.32 Å². The number of aryl methyl sites for hydroxylation is 2. The lowest BCUT2D eigenvalue weighted by Crippen LogP contribution is -3.09. The lowest BCUT2D eigenvalue weighted by atomic mass is 10.1. The Morgan fingerprint density at radius 1 is 1.04 bits per heavy atom. The van der Waals surface area contributed by atoms with Crippen LogP contribution in [0.5, 0.6) is 11.5 Å². The summed E-state index contributed by atoms with van der Waals surface area (Å²) in [6.07, 6.45) is 0. The summed E-state index contributed by atoms with van der Waals surface area (Å²) in [5.74, 6) is 1.63. The van der Waals surface area contributed by atoms with Crippen molar-refractivity contribution in [3.63, 3.8) is 0 Å². The highest BCUT2D eigenvalue weighted by molar-refractivity contribution is 5.76. The Balaban J connectivity index is 1.66. The van der Waals surface area contributed by atoms with E-state index in [1.165, 1.54) is 16.7 Å². The predicted molar refractivity (Wildman–Crippen MR) is 107 cm³/mol. The fourth-order valence-electron chi connectivity index (χ4n) is 2.93. The SMILES string of the molecule is CCOc1ccc(OCCNC(=O)C[NH+](C)Cc2ccc(C)cc2C)cc1. The summed E-state index contributed by atoms with van der Waals surface area (Å²) >= 11 is 0. The van der Waals surface area contributed by atoms with Gasteiger partial charge in [0.1, 0.15) is 24.7 Å². The number of likely N-dealkylation sites (N-methyl/N-ethyl adjacent to an activating group) is 1. The van der Waals surface area contributed by atoms with Gasteiger partial charge in [-0.05, 0) is 50.6 Å². The molecule has 0 saturated carbocycles. The van der Waals surface area contributed by atoms with Crippen molar-refractivity contribution in [2.45, 2.75) is 27.3 Å². The number of benzene rings is 2. The summed E-state index contributed by atoms with van der Waals surface area (Å²) < 4.78 is 11.0. The summed E-state index contributed by atoms with van der Waals surface area (Å²) in [7, 11) is 2.04. The van der Waals surface area contributed by atoms with E-state index in [0.29, 0.717) is 26.3 Å². The lowest BCUT2D eigenvalue weighted by molar-refractivity contribution is -0.885. The Bertz CT molecular complexity index is 729. The fraction of sp³-hybridized carbons (Fsp3) is 0.409. The highest BCUT2D eigenvalue weighted by Gasteiger charge is 2.11. The second-order valence-electron chi connectivity index (χ2n) is 6.84. The molecule has 1 atom stereocenters. The molecule has 0 aliphatic carbocycles. The van der Waals surface area contributed by atoms with Crippen molar-refractivity contribution in [3.8, 4) is 11.5 Å². The summed E-state index contributed by atoms with van der Waals surface area (Å²) in [6, 6.07) is 13.9. The van der Waals surface area contributed by atoms with Gasteiger partial charge in [0.05, 0.1) is 20.2 Å². The molecule has 0 saturated heterocycles. The van der Waals surface area contributed by atoms with Crippen molar-refractivity contribution in [2.24, 2.45) is 0 Å². The number of hydrogen-bond acceptors (Lipinski definition) is 3. The van der Waals surface area contributed by atoms with Crippen molar-refractivity contribution in [2.75, 3.05) is 33.4 Å². The zero-order chi connectivity index (χ0) is 19.6. The Labute approximate surface area is 162 Å². The van der Waals surface area contributed by atoms with Gasteiger partial charge in [-0.1, -0.05) is 23.8 Å². The molecule has 5 heteroatoms. The molecule has 0 bridgehead atoms. The molecule has 2 aromatic carbocycles. The van der Waals surface area contributed by atoms with E-state index in [1.54, 1.807) is 0 Å². The molecule has 0 aromatic heterocycles. The number of carbonyl (C=O) groups excluding carboxylic acids is 1. The average Bonchev–Trinajstić information content (AvgIpc) is 2.63. The van der Waals surface area contributed by atoms with Gasteiger partial charge in [0.2, 0.25) is 0 Å². The summed E-state index contributed by atoms with van der Waals surface area (Å²) in [5.41, 5.74) is 3.82. The Morgan fingerprint density at radius 2 is 1.70 bits per heavy atom. The van der Waals surface area contributed by atoms with Gasteiger partial charge in [-0.3, -0.25) is 4.79 Å². The van der Waals surface area contributed by atoms with Crippen LogP contribution < -0.4 is 19.7 Å². The maximum Gasteiger partial charge on any atom is 0.275 e. The largest absolute Gasteiger partial charge is 0.494 e. The number of nitrogens with one attached hydrogen (secondary N) is 2. The molecule has 2 N–H and O–H groups in total. The average molecular weight is 372 g/mol. The van der Waals surface area contributed by atoms with Crippen LogP contribution in [-0.4, -0.2) is 39.3 Å². The van der Waals surface area contributed by atoms with Gasteiger partial charge >= 0.3 is 0 Å². The van der Waals surface area contributed by atoms with Crippen molar-refractivity contribution in [3.05, 3.63) is 59.2 Å². The number of ether oxygens (including phenoxy) is 2. The van der Waals surface area contributed by atoms with Crippen LogP contribution in [0.25, 0.3) is 0 Å². The molecular weight excluding hydrogens is 340 g/mol. The van der Waals surface area contributed by atoms with Crippen LogP contribution in [-0.2, 0) is 11.3 Å². The molecule has 0 aliphatic heterocycles. The monoisotopic (exact) mass is 371 g/mol. The van der Waals surface area contributed by atoms with E-state index in [1.807, 2.05) is 38.2 Å². The third-order valence-electron chi connectivity index (χ3n) is 4.28. The zero-order valence-corrected chi connectivity index (χ0v) is 16.8. The topological polar surface area (TPSA) is 52.0 Å². The first-order valence-corrected chi connectivity index (χ1v) is 9.47. The molecule has 0 heterocycles. The molecule has 0 aliphatic rings. The van der Waals surface area contributed by atoms with Crippen molar-refractivity contribution in [1.29, 1.82) is 0 Å². The van der Waals surface area contributed by atoms with Crippen LogP contribution in [0.3, 0.4) is 0 Å². The molecule has 146 valence electrons. The number of amides is 1. The van der Waals surface area contributed by atoms with E-state index in [4.69, 9.17) is 9.47 Å². The van der Waals surface area contributed by atoms with Crippen LogP contribution in [0.15, 0.2) is 42.5 Å². The minimum Gasteiger partial charge on any atom is -0.494 e. The van der Waals surface area contributed by atoms with Gasteiger partial charge in [-0.2, -0.15) is 0 Å². The van der Waals surface area contributed by atoms with E-state index in [-0.39, 0.29) is 5.91 Å². The summed E-state index contributed by atoms with van der Waals surface area (Å²) in [5, 5.41) is 2.92. The van der Waals surface area contributed by atoms with E-state index in [2.05, 4.69) is 37.4 Å². The van der Waals surface area contributed by atoms with Crippen molar-refractivity contribution >= 4 is 5.91 Å². The molecule has 0 fully saturated rings. The third-order valence-corrected chi connectivity index (χ3v) is 4.28. The molecular formula is C22H31N2O3+. The second-order valence-corrected chi connectivity index (χ2v) is 6.84. The standard InChI is InChI=1S/C22H30N2O3/c1-5-26-20-8-10-21(11-9-20)27-13-12-23-22(25)16-24(4)15-19-7-6-17(2)14-18(19)3/h6-11,14H,5,12-13,15-16H2,1-4H3,(H,23,25)/p+1. The predicted octanol–water partition coefficient (Wildman–Crippen LogP) is 1.91. The Morgan fingerprint density at radius 3 is 2.33 bits per heavy atom. The van der Waals surface area contributed by atoms with Crippen LogP contribution in [0.2, 0.25) is 0 Å². The lowest BCUT2D eigenvalue weighted by Gasteiger charge is -2.15. The molecule has 2 aromatic rings. The van der Waals surface area contributed by atoms with Crippen LogP contribution >= 0.6 is 0 Å². The first-order chi connectivity index (χ1) is 13.0. The minimum atomic E-state index is 0.0348. The van der Waals surface area contributed by atoms with Gasteiger partial charge in [0.25, 0.3) is 5.91 Å². The van der Waals surface area contributed by atoms with E-state index < -0.39 is 0 Å². The molecule has 0 radical (unpaired) electrons. The molecule has 0 spiro atoms. The first kappa shape index (κ1) is 20.8.